The fourth-order valence-corrected chi connectivity index (χ4v) is 3.52. The normalized spacial score (nSPS) is 12.8. The molecule has 0 aliphatic carbocycles. The van der Waals surface area contributed by atoms with E-state index in [-0.39, 0.29) is 0 Å². The predicted octanol–water partition coefficient (Wildman–Crippen LogP) is 3.87. The summed E-state index contributed by atoms with van der Waals surface area (Å²) in [4.78, 5) is 14.0. The van der Waals surface area contributed by atoms with E-state index in [1.165, 1.54) is 0 Å². The van der Waals surface area contributed by atoms with E-state index in [1.54, 1.807) is 6.20 Å². The molecule has 120 valence electrons. The van der Waals surface area contributed by atoms with Crippen molar-refractivity contribution in [3.8, 4) is 11.6 Å². The maximum Gasteiger partial charge on any atom is 0.253 e. The van der Waals surface area contributed by atoms with E-state index in [1.807, 2.05) is 50.2 Å². The third kappa shape index (κ3) is 2.53. The van der Waals surface area contributed by atoms with Crippen LogP contribution in [0.25, 0.3) is 33.7 Å². The maximum atomic E-state index is 12.5. The van der Waals surface area contributed by atoms with Crippen LogP contribution in [0.5, 0.6) is 0 Å². The van der Waals surface area contributed by atoms with Crippen LogP contribution in [-0.4, -0.2) is 25.3 Å². The molecule has 6 heteroatoms. The van der Waals surface area contributed by atoms with Gasteiger partial charge in [0.2, 0.25) is 5.71 Å². The first-order valence-electron chi connectivity index (χ1n) is 7.67. The van der Waals surface area contributed by atoms with Crippen LogP contribution in [0, 0.1) is 6.92 Å². The smallest absolute Gasteiger partial charge is 0.253 e. The molecule has 0 aliphatic rings. The van der Waals surface area contributed by atoms with Crippen LogP contribution in [0.4, 0.5) is 0 Å². The number of fused-ring (bicyclic) bond motifs is 2. The van der Waals surface area contributed by atoms with Gasteiger partial charge in [0.05, 0.1) is 5.52 Å². The molecule has 0 radical (unpaired) electrons. The molecule has 1 aromatic carbocycles. The van der Waals surface area contributed by atoms with Crippen LogP contribution in [0.1, 0.15) is 12.5 Å². The van der Waals surface area contributed by atoms with Gasteiger partial charge in [0.25, 0.3) is 5.89 Å². The van der Waals surface area contributed by atoms with E-state index in [0.717, 1.165) is 16.5 Å². The van der Waals surface area contributed by atoms with Crippen LogP contribution >= 0.6 is 0 Å². The molecular weight excluding hydrogens is 322 g/mol. The summed E-state index contributed by atoms with van der Waals surface area (Å²) in [6.45, 7) is 3.83. The summed E-state index contributed by atoms with van der Waals surface area (Å²) in [6, 6.07) is 11.6. The summed E-state index contributed by atoms with van der Waals surface area (Å²) in [6.07, 6.45) is 1.73. The van der Waals surface area contributed by atoms with Crippen molar-refractivity contribution in [2.75, 3.05) is 5.75 Å². The molecule has 5 nitrogen and oxygen atoms in total. The molecule has 24 heavy (non-hydrogen) atoms. The lowest BCUT2D eigenvalue weighted by atomic mass is 10.2. The SMILES string of the molecule is CC[S+]([O-])c1cc2ccccc2nc1-c1nc2cc(C)cnc2o1. The number of hydrogen-bond donors (Lipinski definition) is 0. The van der Waals surface area contributed by atoms with Crippen molar-refractivity contribution in [1.82, 2.24) is 15.0 Å². The zero-order valence-electron chi connectivity index (χ0n) is 13.3. The first kappa shape index (κ1) is 15.1. The van der Waals surface area contributed by atoms with Crippen molar-refractivity contribution >= 4 is 33.3 Å². The second-order valence-electron chi connectivity index (χ2n) is 5.52. The van der Waals surface area contributed by atoms with Crippen molar-refractivity contribution in [3.63, 3.8) is 0 Å². The highest BCUT2D eigenvalue weighted by atomic mass is 32.2. The lowest BCUT2D eigenvalue weighted by Crippen LogP contribution is -2.07. The number of rotatable bonds is 3. The third-order valence-corrected chi connectivity index (χ3v) is 5.11. The van der Waals surface area contributed by atoms with Crippen LogP contribution in [0.3, 0.4) is 0 Å². The molecule has 0 aliphatic heterocycles. The number of pyridine rings is 2. The van der Waals surface area contributed by atoms with Crippen molar-refractivity contribution in [3.05, 3.63) is 48.2 Å². The number of aryl methyl sites for hydroxylation is 1. The van der Waals surface area contributed by atoms with Crippen molar-refractivity contribution < 1.29 is 8.97 Å². The summed E-state index contributed by atoms with van der Waals surface area (Å²) in [5, 5.41) is 0.947. The van der Waals surface area contributed by atoms with Crippen molar-refractivity contribution in [2.45, 2.75) is 18.7 Å². The second-order valence-corrected chi connectivity index (χ2v) is 7.23. The Morgan fingerprint density at radius 2 is 1.96 bits per heavy atom. The van der Waals surface area contributed by atoms with Crippen LogP contribution in [0.2, 0.25) is 0 Å². The van der Waals surface area contributed by atoms with Gasteiger partial charge in [-0.25, -0.2) is 15.0 Å². The molecule has 1 atom stereocenters. The summed E-state index contributed by atoms with van der Waals surface area (Å²) >= 11 is -1.17. The molecule has 0 saturated heterocycles. The lowest BCUT2D eigenvalue weighted by Gasteiger charge is -2.11. The summed E-state index contributed by atoms with van der Waals surface area (Å²) < 4.78 is 18.3. The predicted molar refractivity (Wildman–Crippen MR) is 94.2 cm³/mol. The number of hydrogen-bond acceptors (Lipinski definition) is 5. The van der Waals surface area contributed by atoms with Crippen LogP contribution < -0.4 is 0 Å². The van der Waals surface area contributed by atoms with Crippen molar-refractivity contribution in [2.24, 2.45) is 0 Å². The Balaban J connectivity index is 1.98. The number of aromatic nitrogens is 3. The van der Waals surface area contributed by atoms with Gasteiger partial charge in [-0.2, -0.15) is 0 Å². The Morgan fingerprint density at radius 3 is 2.79 bits per heavy atom. The molecule has 0 amide bonds. The van der Waals surface area contributed by atoms with Gasteiger partial charge >= 0.3 is 0 Å². The van der Waals surface area contributed by atoms with Gasteiger partial charge in [0.15, 0.2) is 10.6 Å². The highest BCUT2D eigenvalue weighted by molar-refractivity contribution is 7.91. The number of oxazole rings is 1. The van der Waals surface area contributed by atoms with Gasteiger partial charge in [-0.3, -0.25) is 0 Å². The first-order chi connectivity index (χ1) is 11.7. The molecule has 4 aromatic rings. The largest absolute Gasteiger partial charge is 0.611 e. The Morgan fingerprint density at radius 1 is 1.12 bits per heavy atom. The molecule has 0 bridgehead atoms. The molecule has 1 unspecified atom stereocenters. The second kappa shape index (κ2) is 5.89. The first-order valence-corrected chi connectivity index (χ1v) is 8.99. The number of benzene rings is 1. The zero-order chi connectivity index (χ0) is 16.7. The molecule has 0 spiro atoms. The quantitative estimate of drug-likeness (QED) is 0.530. The number of para-hydroxylation sites is 1. The van der Waals surface area contributed by atoms with Crippen LogP contribution in [0.15, 0.2) is 51.9 Å². The molecule has 3 heterocycles. The Kier molecular flexibility index (Phi) is 3.70. The van der Waals surface area contributed by atoms with Crippen LogP contribution in [-0.2, 0) is 11.2 Å². The fourth-order valence-electron chi connectivity index (χ4n) is 2.60. The minimum absolute atomic E-state index is 0.352. The highest BCUT2D eigenvalue weighted by Gasteiger charge is 2.23. The zero-order valence-corrected chi connectivity index (χ0v) is 14.1. The maximum absolute atomic E-state index is 12.5. The lowest BCUT2D eigenvalue weighted by molar-refractivity contribution is 0.589. The van der Waals surface area contributed by atoms with E-state index in [9.17, 15) is 4.55 Å². The minimum atomic E-state index is -1.17. The molecule has 0 saturated carbocycles. The molecule has 4 rings (SSSR count). The third-order valence-electron chi connectivity index (χ3n) is 3.78. The van der Waals surface area contributed by atoms with Gasteiger partial charge in [0.1, 0.15) is 11.3 Å². The highest BCUT2D eigenvalue weighted by Crippen LogP contribution is 2.31. The monoisotopic (exact) mass is 337 g/mol. The van der Waals surface area contributed by atoms with E-state index in [2.05, 4.69) is 15.0 Å². The topological polar surface area (TPSA) is 74.9 Å². The Bertz CT molecular complexity index is 1040. The van der Waals surface area contributed by atoms with E-state index < -0.39 is 11.2 Å². The number of nitrogens with zero attached hydrogens (tertiary/aromatic N) is 3. The van der Waals surface area contributed by atoms with E-state index in [4.69, 9.17) is 4.42 Å². The fraction of sp³-hybridized carbons (Fsp3) is 0.167. The van der Waals surface area contributed by atoms with Crippen molar-refractivity contribution in [1.29, 1.82) is 0 Å². The Labute approximate surface area is 141 Å². The summed E-state index contributed by atoms with van der Waals surface area (Å²) in [7, 11) is 0. The van der Waals surface area contributed by atoms with Gasteiger partial charge in [-0.1, -0.05) is 18.2 Å². The van der Waals surface area contributed by atoms with Gasteiger partial charge in [-0.15, -0.1) is 0 Å². The summed E-state index contributed by atoms with van der Waals surface area (Å²) in [5.41, 5.74) is 3.47. The van der Waals surface area contributed by atoms with E-state index in [0.29, 0.717) is 33.5 Å². The molecule has 0 fully saturated rings. The molecule has 3 aromatic heterocycles. The van der Waals surface area contributed by atoms with Gasteiger partial charge < -0.3 is 8.97 Å². The Hall–Kier alpha value is -2.44. The van der Waals surface area contributed by atoms with Gasteiger partial charge in [0, 0.05) is 17.6 Å². The summed E-state index contributed by atoms with van der Waals surface area (Å²) in [5.74, 6) is 0.857. The minimum Gasteiger partial charge on any atom is -0.611 e. The van der Waals surface area contributed by atoms with Gasteiger partial charge in [-0.05, 0) is 42.7 Å². The molecular formula is C18H15N3O2S. The molecule has 0 N–H and O–H groups in total. The average Bonchev–Trinajstić information content (AvgIpc) is 3.02. The van der Waals surface area contributed by atoms with E-state index >= 15 is 0 Å². The standard InChI is InChI=1S/C18H15N3O2S/c1-3-24(22)15-9-12-6-4-5-7-13(12)20-16(15)18-21-14-8-11(2)10-19-17(14)23-18/h4-10H,3H2,1-2H3. The average molecular weight is 337 g/mol.